The first kappa shape index (κ1) is 18.4. The molecule has 2 aromatic carbocycles. The molecule has 1 aliphatic heterocycles. The molecule has 9 heteroatoms. The van der Waals surface area contributed by atoms with Gasteiger partial charge in [0.15, 0.2) is 0 Å². The standard InChI is InChI=1S/C18H15F2N3O4/c1-10-11(4-3-5-15(10)23(26)27)9-22-16(24)18(2,21-17(22)25)13-8-12(19)6-7-14(13)20/h3-8H,9H2,1-2H3,(H,21,25)/t18-/m0/s1. The number of imide groups is 1. The van der Waals surface area contributed by atoms with Crippen molar-refractivity contribution in [1.29, 1.82) is 0 Å². The van der Waals surface area contributed by atoms with Crippen molar-refractivity contribution in [3.8, 4) is 0 Å². The third-order valence-corrected chi connectivity index (χ3v) is 4.68. The van der Waals surface area contributed by atoms with Crippen molar-refractivity contribution in [3.05, 3.63) is 74.8 Å². The molecule has 7 nitrogen and oxygen atoms in total. The topological polar surface area (TPSA) is 92.6 Å². The van der Waals surface area contributed by atoms with Gasteiger partial charge in [-0.25, -0.2) is 13.6 Å². The lowest BCUT2D eigenvalue weighted by Gasteiger charge is -2.23. The first-order valence-corrected chi connectivity index (χ1v) is 7.97. The second kappa shape index (κ2) is 6.42. The smallest absolute Gasteiger partial charge is 0.319 e. The number of nitrogens with zero attached hydrogens (tertiary/aromatic N) is 2. The molecule has 1 N–H and O–H groups in total. The summed E-state index contributed by atoms with van der Waals surface area (Å²) >= 11 is 0. The lowest BCUT2D eigenvalue weighted by atomic mass is 9.91. The summed E-state index contributed by atoms with van der Waals surface area (Å²) in [6.07, 6.45) is 0. The molecule has 1 saturated heterocycles. The Kier molecular flexibility index (Phi) is 4.38. The molecule has 1 fully saturated rings. The number of urea groups is 1. The van der Waals surface area contributed by atoms with Crippen LogP contribution in [0.5, 0.6) is 0 Å². The minimum atomic E-state index is -1.78. The molecule has 1 heterocycles. The van der Waals surface area contributed by atoms with E-state index in [-0.39, 0.29) is 17.8 Å². The summed E-state index contributed by atoms with van der Waals surface area (Å²) < 4.78 is 27.7. The van der Waals surface area contributed by atoms with E-state index in [4.69, 9.17) is 0 Å². The molecular weight excluding hydrogens is 360 g/mol. The molecular formula is C18H15F2N3O4. The summed E-state index contributed by atoms with van der Waals surface area (Å²) in [5.41, 5.74) is -1.50. The van der Waals surface area contributed by atoms with E-state index >= 15 is 0 Å². The van der Waals surface area contributed by atoms with Crippen LogP contribution in [0, 0.1) is 28.7 Å². The lowest BCUT2D eigenvalue weighted by molar-refractivity contribution is -0.385. The zero-order chi connectivity index (χ0) is 19.9. The van der Waals surface area contributed by atoms with Gasteiger partial charge in [-0.1, -0.05) is 12.1 Å². The molecule has 0 radical (unpaired) electrons. The number of halogens is 2. The first-order chi connectivity index (χ1) is 12.6. The van der Waals surface area contributed by atoms with Crippen molar-refractivity contribution in [2.75, 3.05) is 0 Å². The van der Waals surface area contributed by atoms with Gasteiger partial charge in [0.2, 0.25) is 0 Å². The van der Waals surface area contributed by atoms with E-state index < -0.39 is 34.0 Å². The van der Waals surface area contributed by atoms with Gasteiger partial charge in [-0.15, -0.1) is 0 Å². The molecule has 0 unspecified atom stereocenters. The van der Waals surface area contributed by atoms with Gasteiger partial charge >= 0.3 is 6.03 Å². The Morgan fingerprint density at radius 2 is 1.93 bits per heavy atom. The molecule has 0 aliphatic carbocycles. The Morgan fingerprint density at radius 3 is 2.59 bits per heavy atom. The normalized spacial score (nSPS) is 19.3. The van der Waals surface area contributed by atoms with Crippen LogP contribution >= 0.6 is 0 Å². The molecule has 1 aliphatic rings. The van der Waals surface area contributed by atoms with Gasteiger partial charge in [-0.05, 0) is 37.6 Å². The molecule has 2 aromatic rings. The summed E-state index contributed by atoms with van der Waals surface area (Å²) in [6, 6.07) is 6.17. The van der Waals surface area contributed by atoms with Gasteiger partial charge in [0.05, 0.1) is 11.5 Å². The Morgan fingerprint density at radius 1 is 1.22 bits per heavy atom. The van der Waals surface area contributed by atoms with Crippen LogP contribution in [0.1, 0.15) is 23.6 Å². The maximum atomic E-state index is 14.2. The van der Waals surface area contributed by atoms with Crippen LogP contribution < -0.4 is 5.32 Å². The number of carbonyl (C=O) groups excluding carboxylic acids is 2. The first-order valence-electron chi connectivity index (χ1n) is 7.97. The number of nitro groups is 1. The van der Waals surface area contributed by atoms with Crippen molar-refractivity contribution >= 4 is 17.6 Å². The van der Waals surface area contributed by atoms with E-state index in [1.807, 2.05) is 0 Å². The van der Waals surface area contributed by atoms with Crippen LogP contribution in [0.25, 0.3) is 0 Å². The summed E-state index contributed by atoms with van der Waals surface area (Å²) in [7, 11) is 0. The van der Waals surface area contributed by atoms with Crippen molar-refractivity contribution in [2.45, 2.75) is 25.9 Å². The number of nitro benzene ring substituents is 1. The number of benzene rings is 2. The molecule has 140 valence electrons. The summed E-state index contributed by atoms with van der Waals surface area (Å²) in [5.74, 6) is -2.36. The summed E-state index contributed by atoms with van der Waals surface area (Å²) in [6.45, 7) is 2.56. The van der Waals surface area contributed by atoms with Crippen molar-refractivity contribution in [2.24, 2.45) is 0 Å². The quantitative estimate of drug-likeness (QED) is 0.505. The highest BCUT2D eigenvalue weighted by Gasteiger charge is 2.50. The van der Waals surface area contributed by atoms with Gasteiger partial charge < -0.3 is 5.32 Å². The maximum Gasteiger partial charge on any atom is 0.325 e. The predicted molar refractivity (Wildman–Crippen MR) is 90.6 cm³/mol. The fourth-order valence-corrected chi connectivity index (χ4v) is 3.11. The SMILES string of the molecule is Cc1c(CN2C(=O)N[C@@](C)(c3cc(F)ccc3F)C2=O)cccc1[N+](=O)[O-]. The van der Waals surface area contributed by atoms with Gasteiger partial charge in [0, 0.05) is 17.2 Å². The Bertz CT molecular complexity index is 979. The number of nitrogens with one attached hydrogen (secondary N) is 1. The minimum Gasteiger partial charge on any atom is -0.319 e. The highest BCUT2D eigenvalue weighted by molar-refractivity contribution is 6.07. The maximum absolute atomic E-state index is 14.2. The Hall–Kier alpha value is -3.36. The fraction of sp³-hybridized carbons (Fsp3) is 0.222. The van der Waals surface area contributed by atoms with E-state index in [0.29, 0.717) is 11.1 Å². The number of carbonyl (C=O) groups is 2. The highest BCUT2D eigenvalue weighted by atomic mass is 19.1. The van der Waals surface area contributed by atoms with Crippen LogP contribution in [0.15, 0.2) is 36.4 Å². The van der Waals surface area contributed by atoms with Gasteiger partial charge in [-0.2, -0.15) is 0 Å². The average Bonchev–Trinajstić information content (AvgIpc) is 2.82. The van der Waals surface area contributed by atoms with E-state index in [1.165, 1.54) is 26.0 Å². The molecule has 1 atom stereocenters. The summed E-state index contributed by atoms with van der Waals surface area (Å²) in [5, 5.41) is 13.5. The molecule has 0 saturated carbocycles. The number of amides is 3. The van der Waals surface area contributed by atoms with Gasteiger partial charge in [0.25, 0.3) is 11.6 Å². The average molecular weight is 375 g/mol. The highest BCUT2D eigenvalue weighted by Crippen LogP contribution is 2.33. The third-order valence-electron chi connectivity index (χ3n) is 4.68. The molecule has 0 bridgehead atoms. The Balaban J connectivity index is 1.97. The zero-order valence-corrected chi connectivity index (χ0v) is 14.5. The van der Waals surface area contributed by atoms with E-state index in [1.54, 1.807) is 6.07 Å². The van der Waals surface area contributed by atoms with Crippen LogP contribution in [0.3, 0.4) is 0 Å². The van der Waals surface area contributed by atoms with E-state index in [9.17, 15) is 28.5 Å². The van der Waals surface area contributed by atoms with Gasteiger partial charge in [0.1, 0.15) is 17.2 Å². The van der Waals surface area contributed by atoms with Crippen LogP contribution in [0.2, 0.25) is 0 Å². The van der Waals surface area contributed by atoms with Crippen LogP contribution in [-0.2, 0) is 16.9 Å². The molecule has 27 heavy (non-hydrogen) atoms. The molecule has 3 amide bonds. The van der Waals surface area contributed by atoms with Gasteiger partial charge in [-0.3, -0.25) is 19.8 Å². The predicted octanol–water partition coefficient (Wildman–Crippen LogP) is 3.15. The van der Waals surface area contributed by atoms with Crippen LogP contribution in [0.4, 0.5) is 19.3 Å². The second-order valence-electron chi connectivity index (χ2n) is 6.39. The van der Waals surface area contributed by atoms with Crippen molar-refractivity contribution < 1.29 is 23.3 Å². The monoisotopic (exact) mass is 375 g/mol. The number of hydrogen-bond donors (Lipinski definition) is 1. The molecule has 0 spiro atoms. The van der Waals surface area contributed by atoms with Crippen LogP contribution in [-0.4, -0.2) is 21.8 Å². The van der Waals surface area contributed by atoms with Crippen molar-refractivity contribution in [1.82, 2.24) is 10.2 Å². The molecule has 0 aromatic heterocycles. The van der Waals surface area contributed by atoms with E-state index in [0.717, 1.165) is 23.1 Å². The number of rotatable bonds is 4. The zero-order valence-electron chi connectivity index (χ0n) is 14.5. The molecule has 3 rings (SSSR count). The fourth-order valence-electron chi connectivity index (χ4n) is 3.11. The minimum absolute atomic E-state index is 0.140. The second-order valence-corrected chi connectivity index (χ2v) is 6.39. The van der Waals surface area contributed by atoms with E-state index in [2.05, 4.69) is 5.32 Å². The largest absolute Gasteiger partial charge is 0.325 e. The lowest BCUT2D eigenvalue weighted by Crippen LogP contribution is -2.41. The third kappa shape index (κ3) is 3.01. The Labute approximate surface area is 152 Å². The van der Waals surface area contributed by atoms with Crippen molar-refractivity contribution in [3.63, 3.8) is 0 Å². The summed E-state index contributed by atoms with van der Waals surface area (Å²) in [4.78, 5) is 36.5. The number of hydrogen-bond acceptors (Lipinski definition) is 4.